The van der Waals surface area contributed by atoms with Crippen LogP contribution in [0, 0.1) is 6.92 Å². The Balaban J connectivity index is 1.64. The molecule has 0 saturated carbocycles. The van der Waals surface area contributed by atoms with E-state index < -0.39 is 0 Å². The first-order valence-electron chi connectivity index (χ1n) is 6.48. The molecule has 8 heteroatoms. The summed E-state index contributed by atoms with van der Waals surface area (Å²) in [4.78, 5) is 10.9. The summed E-state index contributed by atoms with van der Waals surface area (Å²) in [6, 6.07) is 7.56. The van der Waals surface area contributed by atoms with Crippen LogP contribution in [0.2, 0.25) is 5.02 Å². The molecule has 0 aliphatic carbocycles. The van der Waals surface area contributed by atoms with E-state index in [0.717, 1.165) is 37.1 Å². The Kier molecular flexibility index (Phi) is 3.33. The molecule has 5 nitrogen and oxygen atoms in total. The largest absolute Gasteiger partial charge is 0.332 e. The van der Waals surface area contributed by atoms with Gasteiger partial charge >= 0.3 is 0 Å². The second-order valence-electron chi connectivity index (χ2n) is 4.64. The van der Waals surface area contributed by atoms with Crippen LogP contribution >= 0.6 is 34.3 Å². The number of nitrogens with one attached hydrogen (secondary N) is 1. The fraction of sp³-hybridized carbons (Fsp3) is 0.0714. The third-order valence-corrected chi connectivity index (χ3v) is 5.37. The third kappa shape index (κ3) is 2.37. The Hall–Kier alpha value is -1.96. The van der Waals surface area contributed by atoms with E-state index in [-0.39, 0.29) is 0 Å². The molecule has 0 aliphatic heterocycles. The number of benzene rings is 1. The fourth-order valence-electron chi connectivity index (χ4n) is 2.12. The first kappa shape index (κ1) is 13.7. The number of fused-ring (bicyclic) bond motifs is 1. The molecule has 4 aromatic rings. The van der Waals surface area contributed by atoms with Crippen molar-refractivity contribution < 1.29 is 0 Å². The van der Waals surface area contributed by atoms with Crippen LogP contribution in [0.5, 0.6) is 0 Å². The molecule has 0 saturated heterocycles. The minimum atomic E-state index is 0.718. The summed E-state index contributed by atoms with van der Waals surface area (Å²) in [7, 11) is 0. The number of halogens is 1. The summed E-state index contributed by atoms with van der Waals surface area (Å²) in [5, 5.41) is 11.1. The number of hydrogen-bond donors (Lipinski definition) is 1. The van der Waals surface area contributed by atoms with Crippen molar-refractivity contribution in [2.24, 2.45) is 0 Å². The van der Waals surface area contributed by atoms with Gasteiger partial charge in [0, 0.05) is 16.1 Å². The minimum absolute atomic E-state index is 0.718. The molecule has 1 N–H and O–H groups in total. The number of anilines is 2. The van der Waals surface area contributed by atoms with Gasteiger partial charge < -0.3 is 5.32 Å². The van der Waals surface area contributed by atoms with E-state index in [1.165, 1.54) is 0 Å². The van der Waals surface area contributed by atoms with Crippen LogP contribution in [0.15, 0.2) is 36.0 Å². The number of rotatable bonds is 3. The van der Waals surface area contributed by atoms with E-state index in [9.17, 15) is 0 Å². The maximum Gasteiger partial charge on any atom is 0.212 e. The maximum atomic E-state index is 5.89. The zero-order valence-corrected chi connectivity index (χ0v) is 13.8. The fourth-order valence-corrected chi connectivity index (χ4v) is 4.04. The SMILES string of the molecule is Cc1c(-c2csc(Nc3ccc(Cl)cc3)n2)sc2ncnn12. The van der Waals surface area contributed by atoms with Crippen molar-refractivity contribution in [3.05, 3.63) is 46.7 Å². The number of aromatic nitrogens is 4. The van der Waals surface area contributed by atoms with Gasteiger partial charge in [-0.2, -0.15) is 5.10 Å². The highest BCUT2D eigenvalue weighted by molar-refractivity contribution is 7.21. The predicted molar refractivity (Wildman–Crippen MR) is 91.4 cm³/mol. The second-order valence-corrected chi connectivity index (χ2v) is 6.91. The van der Waals surface area contributed by atoms with E-state index in [0.29, 0.717) is 0 Å². The van der Waals surface area contributed by atoms with Gasteiger partial charge in [-0.3, -0.25) is 0 Å². The number of thiazole rings is 2. The monoisotopic (exact) mass is 347 g/mol. The van der Waals surface area contributed by atoms with Crippen molar-refractivity contribution in [2.45, 2.75) is 6.92 Å². The van der Waals surface area contributed by atoms with Crippen LogP contribution in [0.25, 0.3) is 15.5 Å². The summed E-state index contributed by atoms with van der Waals surface area (Å²) in [5.41, 5.74) is 2.96. The standard InChI is InChI=1S/C14H10ClN5S2/c1-8-12(22-14-16-7-17-20(8)14)11-6-21-13(19-11)18-10-4-2-9(15)3-5-10/h2-7H,1H3,(H,18,19). The van der Waals surface area contributed by atoms with E-state index >= 15 is 0 Å². The van der Waals surface area contributed by atoms with Gasteiger partial charge in [-0.15, -0.1) is 11.3 Å². The van der Waals surface area contributed by atoms with Crippen molar-refractivity contribution in [1.29, 1.82) is 0 Å². The zero-order valence-electron chi connectivity index (χ0n) is 11.4. The lowest BCUT2D eigenvalue weighted by Gasteiger charge is -2.01. The molecular weight excluding hydrogens is 338 g/mol. The highest BCUT2D eigenvalue weighted by Crippen LogP contribution is 2.34. The number of aryl methyl sites for hydroxylation is 1. The van der Waals surface area contributed by atoms with E-state index in [1.54, 1.807) is 29.0 Å². The average Bonchev–Trinajstić information content (AvgIpc) is 3.20. The lowest BCUT2D eigenvalue weighted by Crippen LogP contribution is -1.90. The van der Waals surface area contributed by atoms with Crippen LogP contribution in [0.1, 0.15) is 5.69 Å². The van der Waals surface area contributed by atoms with Crippen molar-refractivity contribution in [3.8, 4) is 10.6 Å². The Morgan fingerprint density at radius 2 is 2.05 bits per heavy atom. The molecule has 0 unspecified atom stereocenters. The summed E-state index contributed by atoms with van der Waals surface area (Å²) >= 11 is 9.05. The number of nitrogens with zero attached hydrogens (tertiary/aromatic N) is 4. The van der Waals surface area contributed by atoms with Crippen molar-refractivity contribution in [1.82, 2.24) is 19.6 Å². The van der Waals surface area contributed by atoms with Gasteiger partial charge in [0.25, 0.3) is 0 Å². The average molecular weight is 348 g/mol. The van der Waals surface area contributed by atoms with Crippen LogP contribution in [0.3, 0.4) is 0 Å². The first-order valence-corrected chi connectivity index (χ1v) is 8.56. The van der Waals surface area contributed by atoms with Crippen molar-refractivity contribution in [2.75, 3.05) is 5.32 Å². The van der Waals surface area contributed by atoms with Gasteiger partial charge in [-0.25, -0.2) is 14.5 Å². The zero-order chi connectivity index (χ0) is 15.1. The molecule has 0 bridgehead atoms. The maximum absolute atomic E-state index is 5.89. The molecular formula is C14H10ClN5S2. The molecule has 3 aromatic heterocycles. The lowest BCUT2D eigenvalue weighted by molar-refractivity contribution is 0.933. The van der Waals surface area contributed by atoms with Crippen LogP contribution in [0.4, 0.5) is 10.8 Å². The quantitative estimate of drug-likeness (QED) is 0.587. The molecule has 3 heterocycles. The molecule has 0 radical (unpaired) electrons. The number of hydrogen-bond acceptors (Lipinski definition) is 6. The van der Waals surface area contributed by atoms with Crippen LogP contribution in [-0.2, 0) is 0 Å². The molecule has 0 aliphatic rings. The Labute approximate surface area is 139 Å². The van der Waals surface area contributed by atoms with Gasteiger partial charge in [0.1, 0.15) is 6.33 Å². The Morgan fingerprint density at radius 1 is 1.23 bits per heavy atom. The van der Waals surface area contributed by atoms with Gasteiger partial charge in [-0.1, -0.05) is 22.9 Å². The topological polar surface area (TPSA) is 55.1 Å². The molecule has 0 atom stereocenters. The van der Waals surface area contributed by atoms with Crippen molar-refractivity contribution >= 4 is 50.1 Å². The summed E-state index contributed by atoms with van der Waals surface area (Å²) in [6.07, 6.45) is 1.57. The van der Waals surface area contributed by atoms with E-state index in [1.807, 2.05) is 41.1 Å². The third-order valence-electron chi connectivity index (χ3n) is 3.19. The lowest BCUT2D eigenvalue weighted by atomic mass is 10.3. The van der Waals surface area contributed by atoms with Gasteiger partial charge in [0.15, 0.2) is 5.13 Å². The highest BCUT2D eigenvalue weighted by atomic mass is 35.5. The molecule has 22 heavy (non-hydrogen) atoms. The van der Waals surface area contributed by atoms with E-state index in [4.69, 9.17) is 11.6 Å². The highest BCUT2D eigenvalue weighted by Gasteiger charge is 2.14. The normalized spacial score (nSPS) is 11.2. The first-order chi connectivity index (χ1) is 10.7. The Bertz CT molecular complexity index is 938. The summed E-state index contributed by atoms with van der Waals surface area (Å²) in [5.74, 6) is 0. The predicted octanol–water partition coefficient (Wildman–Crippen LogP) is 4.62. The van der Waals surface area contributed by atoms with Crippen LogP contribution < -0.4 is 5.32 Å². The second kappa shape index (κ2) is 5.35. The van der Waals surface area contributed by atoms with Gasteiger partial charge in [0.05, 0.1) is 16.3 Å². The molecule has 0 fully saturated rings. The van der Waals surface area contributed by atoms with Gasteiger partial charge in [-0.05, 0) is 31.2 Å². The smallest absolute Gasteiger partial charge is 0.212 e. The van der Waals surface area contributed by atoms with Crippen LogP contribution in [-0.4, -0.2) is 19.6 Å². The minimum Gasteiger partial charge on any atom is -0.332 e. The molecule has 4 rings (SSSR count). The summed E-state index contributed by atoms with van der Waals surface area (Å²) < 4.78 is 1.84. The molecule has 0 amide bonds. The molecule has 0 spiro atoms. The summed E-state index contributed by atoms with van der Waals surface area (Å²) in [6.45, 7) is 2.03. The Morgan fingerprint density at radius 3 is 2.82 bits per heavy atom. The van der Waals surface area contributed by atoms with E-state index in [2.05, 4.69) is 20.4 Å². The molecule has 1 aromatic carbocycles. The van der Waals surface area contributed by atoms with Crippen molar-refractivity contribution in [3.63, 3.8) is 0 Å². The molecule has 110 valence electrons. The van der Waals surface area contributed by atoms with Gasteiger partial charge in [0.2, 0.25) is 4.96 Å².